The molecule has 1 aromatic carbocycles. The molecular weight excluding hydrogens is 342 g/mol. The zero-order chi connectivity index (χ0) is 19.1. The maximum absolute atomic E-state index is 12.5. The summed E-state index contributed by atoms with van der Waals surface area (Å²) >= 11 is 0. The van der Waals surface area contributed by atoms with Crippen molar-refractivity contribution in [1.29, 1.82) is 0 Å². The minimum atomic E-state index is -0.180. The Balaban J connectivity index is 1.56. The van der Waals surface area contributed by atoms with Crippen LogP contribution in [0.1, 0.15) is 23.0 Å². The number of benzene rings is 1. The standard InChI is InChI=1S/C20H27N5O2/c1-3-24-12-14-25(15-13-24)20-22-11-9-17(23-20)19(26)21-10-8-16-6-4-5-7-18(16)27-2/h4-7,9,11H,3,8,10,12-15H2,1-2H3,(H,21,26). The van der Waals surface area contributed by atoms with Gasteiger partial charge >= 0.3 is 0 Å². The van der Waals surface area contributed by atoms with Crippen molar-refractivity contribution in [3.63, 3.8) is 0 Å². The third-order valence-corrected chi connectivity index (χ3v) is 4.85. The van der Waals surface area contributed by atoms with Crippen molar-refractivity contribution < 1.29 is 9.53 Å². The van der Waals surface area contributed by atoms with Crippen LogP contribution in [0, 0.1) is 0 Å². The number of aromatic nitrogens is 2. The molecule has 1 fully saturated rings. The first-order valence-electron chi connectivity index (χ1n) is 9.41. The number of carbonyl (C=O) groups is 1. The molecule has 0 saturated carbocycles. The number of nitrogens with one attached hydrogen (secondary N) is 1. The number of hydrogen-bond acceptors (Lipinski definition) is 6. The molecule has 1 saturated heterocycles. The third kappa shape index (κ3) is 4.95. The van der Waals surface area contributed by atoms with Crippen molar-refractivity contribution in [2.45, 2.75) is 13.3 Å². The van der Waals surface area contributed by atoms with E-state index in [0.29, 0.717) is 24.6 Å². The molecule has 7 heteroatoms. The highest BCUT2D eigenvalue weighted by Gasteiger charge is 2.19. The number of ether oxygens (including phenoxy) is 1. The fraction of sp³-hybridized carbons (Fsp3) is 0.450. The quantitative estimate of drug-likeness (QED) is 0.799. The van der Waals surface area contributed by atoms with E-state index < -0.39 is 0 Å². The van der Waals surface area contributed by atoms with E-state index in [1.807, 2.05) is 24.3 Å². The third-order valence-electron chi connectivity index (χ3n) is 4.85. The van der Waals surface area contributed by atoms with Gasteiger partial charge < -0.3 is 19.9 Å². The lowest BCUT2D eigenvalue weighted by Gasteiger charge is -2.34. The molecule has 3 rings (SSSR count). The first kappa shape index (κ1) is 19.1. The van der Waals surface area contributed by atoms with E-state index in [0.717, 1.165) is 44.0 Å². The molecule has 0 bridgehead atoms. The Kier molecular flexibility index (Phi) is 6.59. The smallest absolute Gasteiger partial charge is 0.270 e. The zero-order valence-corrected chi connectivity index (χ0v) is 16.0. The number of rotatable bonds is 7. The van der Waals surface area contributed by atoms with Crippen molar-refractivity contribution in [3.05, 3.63) is 47.8 Å². The van der Waals surface area contributed by atoms with Crippen LogP contribution >= 0.6 is 0 Å². The van der Waals surface area contributed by atoms with Gasteiger partial charge in [-0.15, -0.1) is 0 Å². The SMILES string of the molecule is CCN1CCN(c2nccc(C(=O)NCCc3ccccc3OC)n2)CC1. The molecule has 7 nitrogen and oxygen atoms in total. The number of carbonyl (C=O) groups excluding carboxylic acids is 1. The maximum Gasteiger partial charge on any atom is 0.270 e. The van der Waals surface area contributed by atoms with Crippen molar-refractivity contribution in [2.24, 2.45) is 0 Å². The van der Waals surface area contributed by atoms with Gasteiger partial charge in [0, 0.05) is 38.9 Å². The molecule has 1 aliphatic rings. The number of anilines is 1. The van der Waals surface area contributed by atoms with Gasteiger partial charge in [-0.3, -0.25) is 4.79 Å². The average Bonchev–Trinajstić information content (AvgIpc) is 2.74. The summed E-state index contributed by atoms with van der Waals surface area (Å²) in [6.07, 6.45) is 2.36. The van der Waals surface area contributed by atoms with E-state index in [-0.39, 0.29) is 5.91 Å². The lowest BCUT2D eigenvalue weighted by atomic mass is 10.1. The Morgan fingerprint density at radius 1 is 1.19 bits per heavy atom. The van der Waals surface area contributed by atoms with Gasteiger partial charge in [0.2, 0.25) is 5.95 Å². The second kappa shape index (κ2) is 9.32. The zero-order valence-electron chi connectivity index (χ0n) is 16.0. The molecule has 144 valence electrons. The van der Waals surface area contributed by atoms with Crippen LogP contribution in [0.5, 0.6) is 5.75 Å². The number of methoxy groups -OCH3 is 1. The van der Waals surface area contributed by atoms with Crippen LogP contribution in [0.4, 0.5) is 5.95 Å². The molecule has 0 unspecified atom stereocenters. The molecule has 1 aliphatic heterocycles. The number of piperazine rings is 1. The van der Waals surface area contributed by atoms with Crippen LogP contribution in [-0.2, 0) is 6.42 Å². The highest BCUT2D eigenvalue weighted by Crippen LogP contribution is 2.17. The van der Waals surface area contributed by atoms with E-state index in [1.165, 1.54) is 0 Å². The van der Waals surface area contributed by atoms with Gasteiger partial charge in [0.1, 0.15) is 11.4 Å². The Morgan fingerprint density at radius 2 is 1.96 bits per heavy atom. The van der Waals surface area contributed by atoms with Gasteiger partial charge in [-0.2, -0.15) is 0 Å². The molecule has 2 aromatic rings. The molecule has 2 heterocycles. The Hall–Kier alpha value is -2.67. The fourth-order valence-corrected chi connectivity index (χ4v) is 3.20. The lowest BCUT2D eigenvalue weighted by Crippen LogP contribution is -2.46. The van der Waals surface area contributed by atoms with E-state index >= 15 is 0 Å². The number of para-hydroxylation sites is 1. The minimum absolute atomic E-state index is 0.180. The number of likely N-dealkylation sites (N-methyl/N-ethyl adjacent to an activating group) is 1. The molecule has 1 aromatic heterocycles. The lowest BCUT2D eigenvalue weighted by molar-refractivity contribution is 0.0949. The van der Waals surface area contributed by atoms with Gasteiger partial charge in [-0.1, -0.05) is 25.1 Å². The summed E-state index contributed by atoms with van der Waals surface area (Å²) in [7, 11) is 1.65. The molecule has 27 heavy (non-hydrogen) atoms. The molecule has 1 amide bonds. The molecular formula is C20H27N5O2. The van der Waals surface area contributed by atoms with E-state index in [2.05, 4.69) is 32.0 Å². The summed E-state index contributed by atoms with van der Waals surface area (Å²) in [5.74, 6) is 1.28. The summed E-state index contributed by atoms with van der Waals surface area (Å²) < 4.78 is 5.34. The second-order valence-electron chi connectivity index (χ2n) is 6.48. The summed E-state index contributed by atoms with van der Waals surface area (Å²) in [6, 6.07) is 9.48. The van der Waals surface area contributed by atoms with E-state index in [1.54, 1.807) is 19.4 Å². The first-order chi connectivity index (χ1) is 13.2. The predicted octanol–water partition coefficient (Wildman–Crippen LogP) is 1.60. The summed E-state index contributed by atoms with van der Waals surface area (Å²) in [6.45, 7) is 7.50. The number of hydrogen-bond donors (Lipinski definition) is 1. The normalized spacial score (nSPS) is 14.8. The van der Waals surface area contributed by atoms with Crippen LogP contribution in [-0.4, -0.2) is 67.2 Å². The highest BCUT2D eigenvalue weighted by molar-refractivity contribution is 5.92. The summed E-state index contributed by atoms with van der Waals surface area (Å²) in [4.78, 5) is 25.8. The monoisotopic (exact) mass is 369 g/mol. The van der Waals surface area contributed by atoms with Crippen molar-refractivity contribution in [2.75, 3.05) is 51.3 Å². The molecule has 0 spiro atoms. The van der Waals surface area contributed by atoms with E-state index in [9.17, 15) is 4.79 Å². The molecule has 1 N–H and O–H groups in total. The molecule has 0 atom stereocenters. The topological polar surface area (TPSA) is 70.6 Å². The van der Waals surface area contributed by atoms with Crippen LogP contribution in [0.2, 0.25) is 0 Å². The van der Waals surface area contributed by atoms with Crippen molar-refractivity contribution in [1.82, 2.24) is 20.2 Å². The van der Waals surface area contributed by atoms with Crippen LogP contribution in [0.15, 0.2) is 36.5 Å². The van der Waals surface area contributed by atoms with Gasteiger partial charge in [0.25, 0.3) is 5.91 Å². The molecule has 0 aliphatic carbocycles. The van der Waals surface area contributed by atoms with Gasteiger partial charge in [-0.25, -0.2) is 9.97 Å². The Morgan fingerprint density at radius 3 is 2.70 bits per heavy atom. The Bertz CT molecular complexity index is 760. The summed E-state index contributed by atoms with van der Waals surface area (Å²) in [5.41, 5.74) is 1.47. The maximum atomic E-state index is 12.5. The second-order valence-corrected chi connectivity index (χ2v) is 6.48. The Labute approximate surface area is 160 Å². The summed E-state index contributed by atoms with van der Waals surface area (Å²) in [5, 5.41) is 2.93. The first-order valence-corrected chi connectivity index (χ1v) is 9.41. The van der Waals surface area contributed by atoms with Crippen LogP contribution in [0.25, 0.3) is 0 Å². The van der Waals surface area contributed by atoms with Gasteiger partial charge in [0.05, 0.1) is 7.11 Å². The minimum Gasteiger partial charge on any atom is -0.496 e. The van der Waals surface area contributed by atoms with Crippen LogP contribution < -0.4 is 15.0 Å². The van der Waals surface area contributed by atoms with Crippen molar-refractivity contribution >= 4 is 11.9 Å². The number of nitrogens with zero attached hydrogens (tertiary/aromatic N) is 4. The molecule has 0 radical (unpaired) electrons. The highest BCUT2D eigenvalue weighted by atomic mass is 16.5. The van der Waals surface area contributed by atoms with Gasteiger partial charge in [0.15, 0.2) is 0 Å². The number of amides is 1. The van der Waals surface area contributed by atoms with Crippen molar-refractivity contribution in [3.8, 4) is 5.75 Å². The fourth-order valence-electron chi connectivity index (χ4n) is 3.20. The van der Waals surface area contributed by atoms with Crippen LogP contribution in [0.3, 0.4) is 0 Å². The van der Waals surface area contributed by atoms with E-state index in [4.69, 9.17) is 4.74 Å². The largest absolute Gasteiger partial charge is 0.496 e. The van der Waals surface area contributed by atoms with Gasteiger partial charge in [-0.05, 0) is 30.7 Å². The predicted molar refractivity (Wildman–Crippen MR) is 105 cm³/mol. The average molecular weight is 369 g/mol.